The predicted molar refractivity (Wildman–Crippen MR) is 73.2 cm³/mol. The molecule has 17 heavy (non-hydrogen) atoms. The van der Waals surface area contributed by atoms with Gasteiger partial charge in [-0.25, -0.2) is 9.66 Å². The highest BCUT2D eigenvalue weighted by molar-refractivity contribution is 5.38. The summed E-state index contributed by atoms with van der Waals surface area (Å²) in [5.41, 5.74) is 6.93. The molecule has 1 rings (SSSR count). The van der Waals surface area contributed by atoms with Crippen LogP contribution in [0.25, 0.3) is 0 Å². The van der Waals surface area contributed by atoms with E-state index in [1.54, 1.807) is 4.68 Å². The van der Waals surface area contributed by atoms with Crippen LogP contribution in [-0.2, 0) is 12.8 Å². The summed E-state index contributed by atoms with van der Waals surface area (Å²) in [5, 5.41) is 0. The maximum absolute atomic E-state index is 5.95. The summed E-state index contributed by atoms with van der Waals surface area (Å²) in [4.78, 5) is 4.53. The van der Waals surface area contributed by atoms with Gasteiger partial charge in [-0.1, -0.05) is 39.5 Å². The predicted octanol–water partition coefficient (Wildman–Crippen LogP) is 2.64. The van der Waals surface area contributed by atoms with E-state index in [0.717, 1.165) is 37.2 Å². The molecule has 1 aromatic heterocycles. The number of imidazole rings is 1. The molecule has 0 saturated heterocycles. The molecule has 0 spiro atoms. The molecule has 0 saturated carbocycles. The monoisotopic (exact) mass is 238 g/mol. The molecule has 4 N–H and O–H groups in total. The van der Waals surface area contributed by atoms with E-state index in [9.17, 15) is 0 Å². The van der Waals surface area contributed by atoms with Crippen LogP contribution >= 0.6 is 0 Å². The topological polar surface area (TPSA) is 69.9 Å². The van der Waals surface area contributed by atoms with Crippen LogP contribution in [0, 0.1) is 0 Å². The van der Waals surface area contributed by atoms with Crippen molar-refractivity contribution < 1.29 is 0 Å². The first-order chi connectivity index (χ1) is 8.20. The zero-order chi connectivity index (χ0) is 12.7. The fraction of sp³-hybridized carbons (Fsp3) is 0.769. The quantitative estimate of drug-likeness (QED) is 0.540. The number of nitrogens with zero attached hydrogens (tertiary/aromatic N) is 2. The largest absolute Gasteiger partial charge is 0.382 e. The van der Waals surface area contributed by atoms with E-state index in [-0.39, 0.29) is 0 Å². The molecule has 98 valence electrons. The molecule has 4 nitrogen and oxygen atoms in total. The minimum atomic E-state index is 0.643. The van der Waals surface area contributed by atoms with Gasteiger partial charge in [-0.15, -0.1) is 0 Å². The summed E-state index contributed by atoms with van der Waals surface area (Å²) >= 11 is 0. The van der Waals surface area contributed by atoms with Crippen molar-refractivity contribution in [3.05, 3.63) is 11.5 Å². The van der Waals surface area contributed by atoms with E-state index in [1.807, 2.05) is 0 Å². The number of hydrogen-bond donors (Lipinski definition) is 2. The normalized spacial score (nSPS) is 10.9. The average Bonchev–Trinajstić information content (AvgIpc) is 2.58. The van der Waals surface area contributed by atoms with Crippen LogP contribution in [0.15, 0.2) is 0 Å². The van der Waals surface area contributed by atoms with Gasteiger partial charge in [0.1, 0.15) is 11.6 Å². The fourth-order valence-electron chi connectivity index (χ4n) is 2.02. The van der Waals surface area contributed by atoms with Gasteiger partial charge in [0, 0.05) is 6.42 Å². The van der Waals surface area contributed by atoms with Crippen molar-refractivity contribution in [3.8, 4) is 0 Å². The van der Waals surface area contributed by atoms with E-state index < -0.39 is 0 Å². The van der Waals surface area contributed by atoms with E-state index in [0.29, 0.717) is 5.82 Å². The highest BCUT2D eigenvalue weighted by Gasteiger charge is 2.11. The van der Waals surface area contributed by atoms with Gasteiger partial charge >= 0.3 is 0 Å². The third-order valence-corrected chi connectivity index (χ3v) is 3.09. The second-order valence-corrected chi connectivity index (χ2v) is 4.64. The van der Waals surface area contributed by atoms with Crippen molar-refractivity contribution in [2.75, 3.05) is 11.6 Å². The van der Waals surface area contributed by atoms with Crippen molar-refractivity contribution in [1.82, 2.24) is 9.66 Å². The van der Waals surface area contributed by atoms with Gasteiger partial charge in [-0.3, -0.25) is 0 Å². The van der Waals surface area contributed by atoms with Crippen LogP contribution in [0.4, 0.5) is 5.82 Å². The molecule has 1 heterocycles. The Morgan fingerprint density at radius 1 is 1.00 bits per heavy atom. The summed E-state index contributed by atoms with van der Waals surface area (Å²) in [7, 11) is 0. The van der Waals surface area contributed by atoms with Crippen molar-refractivity contribution in [2.45, 2.75) is 65.2 Å². The number of nitrogen functional groups attached to an aromatic ring is 2. The smallest absolute Gasteiger partial charge is 0.145 e. The van der Waals surface area contributed by atoms with Crippen LogP contribution in [0.3, 0.4) is 0 Å². The summed E-state index contributed by atoms with van der Waals surface area (Å²) in [6.45, 7) is 4.35. The molecule has 0 bridgehead atoms. The van der Waals surface area contributed by atoms with E-state index in [2.05, 4.69) is 18.8 Å². The standard InChI is InChI=1S/C13H26N4/c1-3-5-6-7-8-10-11-13(14)17(15)12(16-11)9-4-2/h3-10,14-15H2,1-2H3. The zero-order valence-electron chi connectivity index (χ0n) is 11.2. The van der Waals surface area contributed by atoms with Crippen LogP contribution in [0.1, 0.15) is 63.9 Å². The van der Waals surface area contributed by atoms with Crippen LogP contribution in [-0.4, -0.2) is 9.66 Å². The van der Waals surface area contributed by atoms with Gasteiger partial charge in [0.05, 0.1) is 5.69 Å². The Bertz CT molecular complexity index is 330. The maximum Gasteiger partial charge on any atom is 0.145 e. The number of hydrogen-bond acceptors (Lipinski definition) is 3. The molecule has 0 aliphatic heterocycles. The Balaban J connectivity index is 2.45. The van der Waals surface area contributed by atoms with Crippen molar-refractivity contribution >= 4 is 5.82 Å². The molecule has 0 radical (unpaired) electrons. The molecule has 4 heteroatoms. The molecular weight excluding hydrogens is 212 g/mol. The van der Waals surface area contributed by atoms with Gasteiger partial charge in [0.2, 0.25) is 0 Å². The lowest BCUT2D eigenvalue weighted by Crippen LogP contribution is -2.15. The number of nitrogens with two attached hydrogens (primary N) is 2. The van der Waals surface area contributed by atoms with Crippen molar-refractivity contribution in [1.29, 1.82) is 0 Å². The summed E-state index contributed by atoms with van der Waals surface area (Å²) < 4.78 is 1.55. The fourth-order valence-corrected chi connectivity index (χ4v) is 2.02. The molecule has 0 aromatic carbocycles. The highest BCUT2D eigenvalue weighted by Crippen LogP contribution is 2.16. The van der Waals surface area contributed by atoms with E-state index >= 15 is 0 Å². The van der Waals surface area contributed by atoms with Gasteiger partial charge < -0.3 is 11.6 Å². The molecule has 0 amide bonds. The summed E-state index contributed by atoms with van der Waals surface area (Å²) in [5.74, 6) is 7.42. The van der Waals surface area contributed by atoms with Crippen molar-refractivity contribution in [2.24, 2.45) is 0 Å². The lowest BCUT2D eigenvalue weighted by atomic mass is 10.1. The third-order valence-electron chi connectivity index (χ3n) is 3.09. The number of anilines is 1. The number of rotatable bonds is 8. The molecule has 0 aliphatic rings. The number of aryl methyl sites for hydroxylation is 2. The van der Waals surface area contributed by atoms with Gasteiger partial charge in [0.25, 0.3) is 0 Å². The Hall–Kier alpha value is -1.19. The number of aromatic nitrogens is 2. The molecule has 1 aromatic rings. The van der Waals surface area contributed by atoms with Crippen LogP contribution in [0.2, 0.25) is 0 Å². The first-order valence-corrected chi connectivity index (χ1v) is 6.81. The second kappa shape index (κ2) is 7.20. The van der Waals surface area contributed by atoms with Gasteiger partial charge in [-0.05, 0) is 19.3 Å². The Morgan fingerprint density at radius 2 is 1.71 bits per heavy atom. The maximum atomic E-state index is 5.95. The Kier molecular flexibility index (Phi) is 5.87. The van der Waals surface area contributed by atoms with Crippen LogP contribution in [0.5, 0.6) is 0 Å². The second-order valence-electron chi connectivity index (χ2n) is 4.64. The molecular formula is C13H26N4. The molecule has 0 atom stereocenters. The highest BCUT2D eigenvalue weighted by atomic mass is 15.4. The Labute approximate surface area is 104 Å². The van der Waals surface area contributed by atoms with E-state index in [4.69, 9.17) is 11.6 Å². The third kappa shape index (κ3) is 3.95. The lowest BCUT2D eigenvalue weighted by Gasteiger charge is -2.01. The minimum absolute atomic E-state index is 0.643. The van der Waals surface area contributed by atoms with Gasteiger partial charge in [0.15, 0.2) is 0 Å². The van der Waals surface area contributed by atoms with Crippen LogP contribution < -0.4 is 11.6 Å². The SMILES string of the molecule is CCCCCCCc1nc(CCC)n(N)c1N. The zero-order valence-corrected chi connectivity index (χ0v) is 11.2. The molecule has 0 unspecified atom stereocenters. The molecule has 0 aliphatic carbocycles. The van der Waals surface area contributed by atoms with E-state index in [1.165, 1.54) is 25.7 Å². The summed E-state index contributed by atoms with van der Waals surface area (Å²) in [6, 6.07) is 0. The van der Waals surface area contributed by atoms with Gasteiger partial charge in [-0.2, -0.15) is 0 Å². The molecule has 0 fully saturated rings. The first-order valence-electron chi connectivity index (χ1n) is 6.81. The Morgan fingerprint density at radius 3 is 2.35 bits per heavy atom. The average molecular weight is 238 g/mol. The number of unbranched alkanes of at least 4 members (excludes halogenated alkanes) is 4. The minimum Gasteiger partial charge on any atom is -0.382 e. The van der Waals surface area contributed by atoms with Crippen molar-refractivity contribution in [3.63, 3.8) is 0 Å². The lowest BCUT2D eigenvalue weighted by molar-refractivity contribution is 0.629. The first kappa shape index (κ1) is 13.9. The summed E-state index contributed by atoms with van der Waals surface area (Å²) in [6.07, 6.45) is 9.22.